The monoisotopic (exact) mass is 1700 g/mol. The van der Waals surface area contributed by atoms with Crippen LogP contribution in [0.1, 0.15) is 76.6 Å². The number of hydrogen-bond donors (Lipinski definition) is 3. The van der Waals surface area contributed by atoms with Crippen LogP contribution in [0.15, 0.2) is 298 Å². The van der Waals surface area contributed by atoms with Crippen LogP contribution in [-0.2, 0) is 137 Å². The van der Waals surface area contributed by atoms with Crippen molar-refractivity contribution in [3.8, 4) is 0 Å². The lowest BCUT2D eigenvalue weighted by Gasteiger charge is -2.42. The van der Waals surface area contributed by atoms with Crippen LogP contribution < -0.4 is 5.48 Å². The fourth-order valence-corrected chi connectivity index (χ4v) is 12.6. The van der Waals surface area contributed by atoms with E-state index < -0.39 is 11.6 Å². The average Bonchev–Trinajstić information content (AvgIpc) is 1.63. The highest BCUT2D eigenvalue weighted by molar-refractivity contribution is 5.88. The Hall–Kier alpha value is -9.46. The number of hydroxylamine groups is 1. The predicted octanol–water partition coefficient (Wildman–Crippen LogP) is 16.3. The number of halogens is 1. The van der Waals surface area contributed by atoms with Crippen molar-refractivity contribution in [2.75, 3.05) is 113 Å². The summed E-state index contributed by atoms with van der Waals surface area (Å²) in [4.78, 5) is 20.8. The quantitative estimate of drug-likeness (QED) is 0.00468. The number of benzene rings is 8. The Kier molecular flexibility index (Phi) is 51.9. The second kappa shape index (κ2) is 63.5. The second-order valence-electron chi connectivity index (χ2n) is 28.7. The second-order valence-corrected chi connectivity index (χ2v) is 28.7. The van der Waals surface area contributed by atoms with Gasteiger partial charge in [-0.15, -0.1) is 31.5 Å². The van der Waals surface area contributed by atoms with Crippen molar-refractivity contribution in [1.82, 2.24) is 5.48 Å². The molecule has 0 saturated carbocycles. The largest absolute Gasteiger partial charge is 0.411 e. The highest BCUT2D eigenvalue weighted by Crippen LogP contribution is 2.44. The molecular formula is C99H126FN3O20. The average molecular weight is 1700 g/mol. The number of ether oxygens (including phenoxy) is 15. The summed E-state index contributed by atoms with van der Waals surface area (Å²) >= 11 is 0. The third-order valence-corrected chi connectivity index (χ3v) is 19.5. The number of oxime groups is 2. The Balaban J connectivity index is 0.000000200. The molecule has 13 rings (SSSR count). The SMILES string of the molecule is C=CC(COCc1ccccc1)OCC/C=N/O.C=CC(COCc1ccccc1)OCCC(OC)OC.C=CC(COCc1ccccc1)OCCC=O.C=CC(O)COCc1ccccc1.Fc1ccccc1[C@]12CCO[C@H](COCc3ccccc3)[C@H]1CON2.c1ccc(COCC2CO2)cc1.c1ccc(COC[C@H]2OCCC3=NOC[C@@H]32)cc1. The fraction of sp³-hybridized carbons (Fsp3) is 0.404. The molecule has 4 fully saturated rings. The Morgan fingerprint density at radius 2 is 0.886 bits per heavy atom. The number of aldehydes is 1. The van der Waals surface area contributed by atoms with Crippen molar-refractivity contribution in [2.24, 2.45) is 22.1 Å². The van der Waals surface area contributed by atoms with Crippen LogP contribution in [0.5, 0.6) is 0 Å². The number of carbonyl (C=O) groups is 1. The highest BCUT2D eigenvalue weighted by Gasteiger charge is 2.53. The smallest absolute Gasteiger partial charge is 0.159 e. The molecular weight excluding hydrogens is 1570 g/mol. The van der Waals surface area contributed by atoms with Crippen molar-refractivity contribution in [1.29, 1.82) is 0 Å². The van der Waals surface area contributed by atoms with Gasteiger partial charge in [0.2, 0.25) is 0 Å². The minimum Gasteiger partial charge on any atom is -0.411 e. The van der Waals surface area contributed by atoms with E-state index >= 15 is 0 Å². The topological polar surface area (TPSA) is 254 Å². The predicted molar refractivity (Wildman–Crippen MR) is 473 cm³/mol. The van der Waals surface area contributed by atoms with Crippen molar-refractivity contribution >= 4 is 18.2 Å². The third kappa shape index (κ3) is 41.7. The van der Waals surface area contributed by atoms with Crippen LogP contribution in [0.2, 0.25) is 0 Å². The van der Waals surface area contributed by atoms with Crippen molar-refractivity contribution in [3.63, 3.8) is 0 Å². The molecule has 8 aromatic carbocycles. The van der Waals surface area contributed by atoms with Gasteiger partial charge in [0.15, 0.2) is 6.29 Å². The minimum atomic E-state index is -0.566. The molecule has 3 N–H and O–H groups in total. The van der Waals surface area contributed by atoms with E-state index in [1.807, 2.05) is 200 Å². The van der Waals surface area contributed by atoms with E-state index in [9.17, 15) is 9.18 Å². The first kappa shape index (κ1) is 101. The Morgan fingerprint density at radius 3 is 1.30 bits per heavy atom. The van der Waals surface area contributed by atoms with Gasteiger partial charge < -0.3 is 95.8 Å². The molecule has 5 unspecified atom stereocenters. The zero-order chi connectivity index (χ0) is 87.1. The van der Waals surface area contributed by atoms with Gasteiger partial charge >= 0.3 is 0 Å². The maximum Gasteiger partial charge on any atom is 0.159 e. The fourth-order valence-electron chi connectivity index (χ4n) is 12.6. The molecule has 5 aliphatic rings. The zero-order valence-corrected chi connectivity index (χ0v) is 71.2. The normalized spacial score (nSPS) is 18.6. The molecule has 5 heterocycles. The van der Waals surface area contributed by atoms with E-state index in [-0.39, 0.29) is 54.5 Å². The van der Waals surface area contributed by atoms with E-state index in [1.54, 1.807) is 38.5 Å². The summed E-state index contributed by atoms with van der Waals surface area (Å²) < 4.78 is 96.9. The molecule has 664 valence electrons. The van der Waals surface area contributed by atoms with E-state index in [4.69, 9.17) is 91.0 Å². The number of aliphatic hydroxyl groups is 1. The standard InChI is InChI=1S/C20H22FNO3.C16H24O4.C14H17NO3.C14H19NO3.C14H18O3.C11H14O2.C10H12O2/c21-18-9-5-4-8-16(18)20-10-11-24-19(17(20)13-25-22-20)14-23-12-15-6-2-1-3-7-15;1-4-15(20-11-10-16(17-2)18-3)13-19-12-14-8-6-5-7-9-14;1-2-4-11(5-3-1)8-16-10-14-12-9-18-15-13(12)6-7-17-14;1-2-14(18-10-6-9-15-16)12-17-11-13-7-4-3-5-8-13;1-2-14(17-10-6-9-15)12-16-11-13-7-4-3-5-8-13;1-2-11(12)9-13-8-10-6-4-3-5-7-10;1-2-4-9(5-3-1)6-11-7-10-8-12-10/h1-9,17,19,22H,10-14H2;4-9,15-16H,1,10-13H2,2-3H3;1-5,12,14H,6-10H2;2-5,7-9,14,16H,1,6,10-12H2;2-5,7-9,14H,1,6,10-12H2;2-7,11-12H,1,8-9H2;1-5,10H,6-8H2/b;;;15-9+;;;/t17-,19-,20-;;12-,14+;;;;/m1.0..../s1. The maximum absolute atomic E-state index is 14.4. The van der Waals surface area contributed by atoms with Crippen molar-refractivity contribution in [2.45, 2.75) is 133 Å². The van der Waals surface area contributed by atoms with Crippen LogP contribution in [0.3, 0.4) is 0 Å². The van der Waals surface area contributed by atoms with E-state index in [2.05, 4.69) is 66.4 Å². The van der Waals surface area contributed by atoms with Crippen LogP contribution in [0, 0.1) is 17.7 Å². The molecule has 24 heteroatoms. The van der Waals surface area contributed by atoms with Gasteiger partial charge in [-0.25, -0.2) is 4.39 Å². The first-order valence-electron chi connectivity index (χ1n) is 41.7. The first-order valence-corrected chi connectivity index (χ1v) is 41.7. The van der Waals surface area contributed by atoms with Gasteiger partial charge in [-0.2, -0.15) is 5.48 Å². The molecule has 8 aromatic rings. The van der Waals surface area contributed by atoms with Crippen molar-refractivity contribution in [3.05, 3.63) is 338 Å². The molecule has 5 aliphatic heterocycles. The Morgan fingerprint density at radius 1 is 0.488 bits per heavy atom. The van der Waals surface area contributed by atoms with E-state index in [1.165, 1.54) is 29.5 Å². The van der Waals surface area contributed by atoms with Gasteiger partial charge in [0.1, 0.15) is 24.8 Å². The number of epoxide rings is 1. The number of nitrogens with zero attached hydrogens (tertiary/aromatic N) is 2. The minimum absolute atomic E-state index is 0.00826. The summed E-state index contributed by atoms with van der Waals surface area (Å²) in [6.07, 6.45) is 11.2. The molecule has 0 radical (unpaired) electrons. The lowest BCUT2D eigenvalue weighted by molar-refractivity contribution is -0.120. The van der Waals surface area contributed by atoms with Crippen LogP contribution in [0.25, 0.3) is 0 Å². The van der Waals surface area contributed by atoms with E-state index in [0.29, 0.717) is 163 Å². The van der Waals surface area contributed by atoms with Gasteiger partial charge in [-0.1, -0.05) is 260 Å². The Bertz CT molecular complexity index is 4070. The molecule has 10 atom stereocenters. The van der Waals surface area contributed by atoms with Crippen molar-refractivity contribution < 1.29 is 100 Å². The molecule has 23 nitrogen and oxygen atoms in total. The number of aliphatic hydroxyl groups excluding tert-OH is 1. The van der Waals surface area contributed by atoms with Gasteiger partial charge in [0.25, 0.3) is 0 Å². The summed E-state index contributed by atoms with van der Waals surface area (Å²) in [5, 5.41) is 24.3. The number of methoxy groups -OCH3 is 2. The van der Waals surface area contributed by atoms with Crippen LogP contribution >= 0.6 is 0 Å². The number of hydrogen-bond acceptors (Lipinski definition) is 23. The highest BCUT2D eigenvalue weighted by atomic mass is 19.1. The van der Waals surface area contributed by atoms with Gasteiger partial charge in [0, 0.05) is 64.2 Å². The summed E-state index contributed by atoms with van der Waals surface area (Å²) in [7, 11) is 3.23. The maximum atomic E-state index is 14.4. The molecule has 0 aromatic heterocycles. The molecule has 0 bridgehead atoms. The lowest BCUT2D eigenvalue weighted by atomic mass is 9.73. The zero-order valence-electron chi connectivity index (χ0n) is 71.2. The number of rotatable bonds is 47. The number of nitrogens with one attached hydrogen (secondary N) is 1. The summed E-state index contributed by atoms with van der Waals surface area (Å²) in [5.41, 5.74) is 12.4. The molecule has 0 aliphatic carbocycles. The van der Waals surface area contributed by atoms with Gasteiger partial charge in [-0.3, -0.25) is 0 Å². The summed E-state index contributed by atoms with van der Waals surface area (Å²) in [5.74, 6) is 0.0831. The lowest BCUT2D eigenvalue weighted by Crippen LogP contribution is -2.53. The molecule has 4 saturated heterocycles. The van der Waals surface area contributed by atoms with Crippen LogP contribution in [0.4, 0.5) is 4.39 Å². The molecule has 0 spiro atoms. The first-order chi connectivity index (χ1) is 60.5. The third-order valence-electron chi connectivity index (χ3n) is 19.5. The number of carbonyl (C=O) groups excluding carboxylic acids is 1. The number of fused-ring (bicyclic) bond motifs is 2. The summed E-state index contributed by atoms with van der Waals surface area (Å²) in [6, 6.07) is 77.1. The Labute approximate surface area is 726 Å². The molecule has 123 heavy (non-hydrogen) atoms. The molecule has 0 amide bonds. The van der Waals surface area contributed by atoms with Gasteiger partial charge in [0.05, 0.1) is 186 Å². The summed E-state index contributed by atoms with van der Waals surface area (Å²) in [6.45, 7) is 26.9. The van der Waals surface area contributed by atoms with Gasteiger partial charge in [-0.05, 0) is 51.4 Å². The van der Waals surface area contributed by atoms with Crippen LogP contribution in [-0.4, -0.2) is 191 Å². The van der Waals surface area contributed by atoms with E-state index in [0.717, 1.165) is 66.1 Å².